The first kappa shape index (κ1) is 23.9. The van der Waals surface area contributed by atoms with Crippen LogP contribution in [0.15, 0.2) is 11.8 Å². The molecule has 2 saturated carbocycles. The molecule has 3 aliphatic rings. The SMILES string of the molecule is CC(=O)/C=C(/C)O.[CH-]1CC(C2CCCCC2)CCC1C1CCCC[N-]1.[Ir]. The van der Waals surface area contributed by atoms with Crippen LogP contribution in [-0.2, 0) is 24.9 Å². The molecule has 0 bridgehead atoms. The average molecular weight is 540 g/mol. The number of ketones is 1. The molecule has 3 fully saturated rings. The van der Waals surface area contributed by atoms with E-state index < -0.39 is 0 Å². The monoisotopic (exact) mass is 540 g/mol. The Kier molecular flexibility index (Phi) is 12.0. The summed E-state index contributed by atoms with van der Waals surface area (Å²) in [5, 5.41) is 13.2. The summed E-state index contributed by atoms with van der Waals surface area (Å²) in [6, 6.07) is 0.700. The zero-order valence-corrected chi connectivity index (χ0v) is 19.0. The third-order valence-electron chi connectivity index (χ3n) is 6.11. The number of hydrogen-bond acceptors (Lipinski definition) is 2. The molecule has 3 unspecified atom stereocenters. The molecule has 0 aromatic heterocycles. The number of piperidine rings is 1. The Morgan fingerprint density at radius 3 is 2.12 bits per heavy atom. The number of nitrogens with zero attached hydrogens (tertiary/aromatic N) is 1. The maximum atomic E-state index is 10.0. The fraction of sp³-hybridized carbons (Fsp3) is 0.818. The van der Waals surface area contributed by atoms with Crippen molar-refractivity contribution in [3.8, 4) is 0 Å². The van der Waals surface area contributed by atoms with Gasteiger partial charge in [0, 0.05) is 26.2 Å². The molecule has 3 atom stereocenters. The summed E-state index contributed by atoms with van der Waals surface area (Å²) in [5.41, 5.74) is 0. The molecule has 3 rings (SSSR count). The third-order valence-corrected chi connectivity index (χ3v) is 6.11. The van der Waals surface area contributed by atoms with Crippen LogP contribution in [0.2, 0.25) is 0 Å². The van der Waals surface area contributed by atoms with Crippen molar-refractivity contribution in [3.05, 3.63) is 23.6 Å². The number of allylic oxidation sites excluding steroid dienone is 2. The molecule has 1 radical (unpaired) electrons. The zero-order chi connectivity index (χ0) is 18.1. The van der Waals surface area contributed by atoms with E-state index in [4.69, 9.17) is 10.4 Å². The van der Waals surface area contributed by atoms with Crippen molar-refractivity contribution in [1.29, 1.82) is 0 Å². The predicted molar refractivity (Wildman–Crippen MR) is 105 cm³/mol. The molecular weight excluding hydrogens is 502 g/mol. The van der Waals surface area contributed by atoms with Crippen molar-refractivity contribution in [3.63, 3.8) is 0 Å². The minimum absolute atomic E-state index is 0. The van der Waals surface area contributed by atoms with Gasteiger partial charge in [0.05, 0.1) is 5.76 Å². The van der Waals surface area contributed by atoms with Crippen molar-refractivity contribution in [1.82, 2.24) is 0 Å². The molecule has 4 heteroatoms. The van der Waals surface area contributed by atoms with Crippen LogP contribution in [0.5, 0.6) is 0 Å². The summed E-state index contributed by atoms with van der Waals surface area (Å²) in [6.45, 7) is 3.99. The summed E-state index contributed by atoms with van der Waals surface area (Å²) in [6.07, 6.45) is 19.9. The molecule has 0 aromatic rings. The maximum absolute atomic E-state index is 10.0. The van der Waals surface area contributed by atoms with E-state index in [9.17, 15) is 4.79 Å². The zero-order valence-electron chi connectivity index (χ0n) is 16.6. The molecule has 0 amide bonds. The minimum Gasteiger partial charge on any atom is -0.661 e. The van der Waals surface area contributed by atoms with E-state index in [0.717, 1.165) is 24.3 Å². The third kappa shape index (κ3) is 8.67. The van der Waals surface area contributed by atoms with Gasteiger partial charge in [0.2, 0.25) is 0 Å². The van der Waals surface area contributed by atoms with Crippen LogP contribution in [0.4, 0.5) is 0 Å². The van der Waals surface area contributed by atoms with E-state index in [1.165, 1.54) is 90.6 Å². The predicted octanol–water partition coefficient (Wildman–Crippen LogP) is 6.15. The average Bonchev–Trinajstić information content (AvgIpc) is 2.63. The first-order valence-corrected chi connectivity index (χ1v) is 10.4. The van der Waals surface area contributed by atoms with Gasteiger partial charge in [0.25, 0.3) is 0 Å². The van der Waals surface area contributed by atoms with Crippen molar-refractivity contribution in [2.24, 2.45) is 17.8 Å². The maximum Gasteiger partial charge on any atom is 0.155 e. The van der Waals surface area contributed by atoms with Gasteiger partial charge in [0.1, 0.15) is 0 Å². The molecule has 1 saturated heterocycles. The number of aliphatic hydroxyl groups is 1. The molecule has 0 spiro atoms. The van der Waals surface area contributed by atoms with Crippen LogP contribution in [0.3, 0.4) is 0 Å². The standard InChI is InChI=1S/C17H29N.C5H8O2.Ir/c1-2-6-14(7-3-1)15-9-11-16(12-10-15)17-8-4-5-13-18-17;1-4(6)3-5(2)7;/h11,14-17H,1-10,12-13H2;3,6H,1-2H3;/q-2;;/b;4-3-;. The number of aliphatic hydroxyl groups excluding tert-OH is 1. The van der Waals surface area contributed by atoms with E-state index in [2.05, 4.69) is 6.42 Å². The summed E-state index contributed by atoms with van der Waals surface area (Å²) in [7, 11) is 0. The minimum atomic E-state index is -0.125. The van der Waals surface area contributed by atoms with Crippen molar-refractivity contribution >= 4 is 5.78 Å². The van der Waals surface area contributed by atoms with Gasteiger partial charge in [-0.1, -0.05) is 70.1 Å². The Morgan fingerprint density at radius 1 is 0.962 bits per heavy atom. The van der Waals surface area contributed by atoms with Gasteiger partial charge in [-0.15, -0.1) is 6.54 Å². The number of carbonyl (C=O) groups is 1. The van der Waals surface area contributed by atoms with E-state index in [1.54, 1.807) is 0 Å². The van der Waals surface area contributed by atoms with E-state index in [1.807, 2.05) is 0 Å². The fourth-order valence-corrected chi connectivity index (χ4v) is 4.83. The van der Waals surface area contributed by atoms with Crippen molar-refractivity contribution < 1.29 is 30.0 Å². The second kappa shape index (κ2) is 13.1. The first-order valence-electron chi connectivity index (χ1n) is 10.4. The summed E-state index contributed by atoms with van der Waals surface area (Å²) < 4.78 is 0. The van der Waals surface area contributed by atoms with Gasteiger partial charge in [-0.05, 0) is 19.8 Å². The van der Waals surface area contributed by atoms with Gasteiger partial charge < -0.3 is 16.8 Å². The van der Waals surface area contributed by atoms with Crippen LogP contribution < -0.4 is 0 Å². The molecule has 1 aliphatic heterocycles. The molecule has 26 heavy (non-hydrogen) atoms. The molecule has 2 aliphatic carbocycles. The number of hydrogen-bond donors (Lipinski definition) is 1. The molecule has 1 heterocycles. The van der Waals surface area contributed by atoms with Crippen LogP contribution >= 0.6 is 0 Å². The molecular formula is C22H37IrNO2-2. The summed E-state index contributed by atoms with van der Waals surface area (Å²) in [4.78, 5) is 10.0. The molecule has 3 nitrogen and oxygen atoms in total. The second-order valence-electron chi connectivity index (χ2n) is 8.24. The summed E-state index contributed by atoms with van der Waals surface area (Å²) in [5.74, 6) is 2.88. The van der Waals surface area contributed by atoms with Crippen LogP contribution in [0.25, 0.3) is 5.32 Å². The van der Waals surface area contributed by atoms with Gasteiger partial charge in [0.15, 0.2) is 5.78 Å². The van der Waals surface area contributed by atoms with Gasteiger partial charge >= 0.3 is 0 Å². The number of rotatable bonds is 3. The molecule has 153 valence electrons. The van der Waals surface area contributed by atoms with E-state index >= 15 is 0 Å². The van der Waals surface area contributed by atoms with Crippen molar-refractivity contribution in [2.45, 2.75) is 90.5 Å². The Labute approximate surface area is 174 Å². The van der Waals surface area contributed by atoms with Gasteiger partial charge in [-0.25, -0.2) is 0 Å². The Hall–Kier alpha value is -0.181. The van der Waals surface area contributed by atoms with Crippen molar-refractivity contribution in [2.75, 3.05) is 6.54 Å². The summed E-state index contributed by atoms with van der Waals surface area (Å²) >= 11 is 0. The number of carbonyl (C=O) groups excluding carboxylic acids is 1. The smallest absolute Gasteiger partial charge is 0.155 e. The van der Waals surface area contributed by atoms with Gasteiger partial charge in [-0.3, -0.25) is 4.79 Å². The Balaban J connectivity index is 0.000000366. The quantitative estimate of drug-likeness (QED) is 0.266. The van der Waals surface area contributed by atoms with Crippen LogP contribution in [-0.4, -0.2) is 23.5 Å². The van der Waals surface area contributed by atoms with E-state index in [-0.39, 0.29) is 31.6 Å². The second-order valence-corrected chi connectivity index (χ2v) is 8.24. The molecule has 1 N–H and O–H groups in total. The van der Waals surface area contributed by atoms with Gasteiger partial charge in [-0.2, -0.15) is 18.4 Å². The fourth-order valence-electron chi connectivity index (χ4n) is 4.83. The topological polar surface area (TPSA) is 51.4 Å². The van der Waals surface area contributed by atoms with E-state index in [0.29, 0.717) is 6.04 Å². The largest absolute Gasteiger partial charge is 0.661 e. The normalized spacial score (nSPS) is 30.5. The Morgan fingerprint density at radius 2 is 1.65 bits per heavy atom. The van der Waals surface area contributed by atoms with Crippen LogP contribution in [0.1, 0.15) is 84.5 Å². The first-order chi connectivity index (χ1) is 12.1. The molecule has 0 aromatic carbocycles. The van der Waals surface area contributed by atoms with Crippen LogP contribution in [0, 0.1) is 24.2 Å². The Bertz CT molecular complexity index is 388.